The van der Waals surface area contributed by atoms with Crippen LogP contribution in [0.25, 0.3) is 0 Å². The molecule has 1 N–H and O–H groups in total. The molecule has 1 saturated heterocycles. The van der Waals surface area contributed by atoms with E-state index in [1.807, 2.05) is 0 Å². The van der Waals surface area contributed by atoms with Gasteiger partial charge in [-0.2, -0.15) is 5.26 Å². The fraction of sp³-hybridized carbons (Fsp3) is 0.500. The molecule has 68 valence electrons. The molecule has 0 amide bonds. The van der Waals surface area contributed by atoms with Gasteiger partial charge in [0, 0.05) is 23.9 Å². The quantitative estimate of drug-likeness (QED) is 0.737. The first-order valence-electron chi connectivity index (χ1n) is 4.47. The van der Waals surface area contributed by atoms with E-state index in [0.29, 0.717) is 5.92 Å². The highest BCUT2D eigenvalue weighted by molar-refractivity contribution is 7.10. The molecule has 0 spiro atoms. The first-order chi connectivity index (χ1) is 6.33. The number of nitriles is 1. The van der Waals surface area contributed by atoms with Crippen LogP contribution in [-0.4, -0.2) is 13.1 Å². The minimum Gasteiger partial charge on any atom is -0.315 e. The molecule has 2 heterocycles. The number of aryl methyl sites for hydroxylation is 1. The third-order valence-corrected chi connectivity index (χ3v) is 3.77. The average Bonchev–Trinajstić information content (AvgIpc) is 2.71. The van der Waals surface area contributed by atoms with Crippen molar-refractivity contribution >= 4 is 11.3 Å². The highest BCUT2D eigenvalue weighted by Gasteiger charge is 2.29. The van der Waals surface area contributed by atoms with Gasteiger partial charge in [0.1, 0.15) is 0 Å². The smallest absolute Gasteiger partial charge is 0.0676 e. The van der Waals surface area contributed by atoms with E-state index in [0.717, 1.165) is 13.1 Å². The fourth-order valence-electron chi connectivity index (χ4n) is 1.85. The van der Waals surface area contributed by atoms with Crippen molar-refractivity contribution in [3.05, 3.63) is 21.9 Å². The maximum Gasteiger partial charge on any atom is 0.0676 e. The average molecular weight is 192 g/mol. The van der Waals surface area contributed by atoms with Gasteiger partial charge in [-0.1, -0.05) is 0 Å². The number of thiophene rings is 1. The predicted octanol–water partition coefficient (Wildman–Crippen LogP) is 1.88. The second-order valence-corrected chi connectivity index (χ2v) is 4.42. The van der Waals surface area contributed by atoms with Gasteiger partial charge < -0.3 is 5.32 Å². The number of nitrogens with one attached hydrogen (secondary N) is 1. The molecule has 2 nitrogen and oxygen atoms in total. The van der Waals surface area contributed by atoms with Crippen LogP contribution >= 0.6 is 11.3 Å². The number of hydrogen-bond acceptors (Lipinski definition) is 3. The Hall–Kier alpha value is -0.850. The zero-order chi connectivity index (χ0) is 9.26. The maximum atomic E-state index is 8.94. The van der Waals surface area contributed by atoms with Crippen LogP contribution < -0.4 is 5.32 Å². The molecular formula is C10H12N2S. The monoisotopic (exact) mass is 192 g/mol. The van der Waals surface area contributed by atoms with Gasteiger partial charge >= 0.3 is 0 Å². The van der Waals surface area contributed by atoms with Crippen molar-refractivity contribution in [3.63, 3.8) is 0 Å². The van der Waals surface area contributed by atoms with Gasteiger partial charge in [0.25, 0.3) is 0 Å². The molecule has 0 bridgehead atoms. The van der Waals surface area contributed by atoms with Crippen LogP contribution in [0.1, 0.15) is 16.4 Å². The summed E-state index contributed by atoms with van der Waals surface area (Å²) in [6, 6.07) is 4.51. The van der Waals surface area contributed by atoms with Gasteiger partial charge in [-0.3, -0.25) is 0 Å². The Bertz CT molecular complexity index is 337. The molecular weight excluding hydrogens is 180 g/mol. The molecule has 0 aromatic carbocycles. The Balaban J connectivity index is 2.27. The van der Waals surface area contributed by atoms with E-state index in [1.165, 1.54) is 10.4 Å². The largest absolute Gasteiger partial charge is 0.315 e. The Morgan fingerprint density at radius 3 is 3.08 bits per heavy atom. The zero-order valence-electron chi connectivity index (χ0n) is 7.58. The van der Waals surface area contributed by atoms with Gasteiger partial charge in [-0.25, -0.2) is 0 Å². The van der Waals surface area contributed by atoms with Gasteiger partial charge in [0.2, 0.25) is 0 Å². The van der Waals surface area contributed by atoms with E-state index >= 15 is 0 Å². The SMILES string of the molecule is Cc1ccsc1[C@@H]1CNC[C@H]1C#N. The lowest BCUT2D eigenvalue weighted by molar-refractivity contribution is 0.654. The Kier molecular flexibility index (Phi) is 2.34. The lowest BCUT2D eigenvalue weighted by Gasteiger charge is -2.10. The lowest BCUT2D eigenvalue weighted by Crippen LogP contribution is -2.07. The van der Waals surface area contributed by atoms with Crippen LogP contribution in [0.15, 0.2) is 11.4 Å². The molecule has 0 aliphatic carbocycles. The van der Waals surface area contributed by atoms with Crippen molar-refractivity contribution in [1.82, 2.24) is 5.32 Å². The van der Waals surface area contributed by atoms with Gasteiger partial charge in [0.15, 0.2) is 0 Å². The Morgan fingerprint density at radius 2 is 2.46 bits per heavy atom. The summed E-state index contributed by atoms with van der Waals surface area (Å²) in [4.78, 5) is 1.39. The van der Waals surface area contributed by atoms with Crippen LogP contribution in [-0.2, 0) is 0 Å². The fourth-order valence-corrected chi connectivity index (χ4v) is 2.95. The summed E-state index contributed by atoms with van der Waals surface area (Å²) >= 11 is 1.77. The van der Waals surface area contributed by atoms with E-state index in [4.69, 9.17) is 5.26 Å². The molecule has 1 aliphatic heterocycles. The number of nitrogens with zero attached hydrogens (tertiary/aromatic N) is 1. The topological polar surface area (TPSA) is 35.8 Å². The van der Waals surface area contributed by atoms with Crippen molar-refractivity contribution < 1.29 is 0 Å². The third-order valence-electron chi connectivity index (χ3n) is 2.62. The molecule has 1 aliphatic rings. The van der Waals surface area contributed by atoms with Crippen LogP contribution in [0.5, 0.6) is 0 Å². The van der Waals surface area contributed by atoms with Crippen molar-refractivity contribution in [2.24, 2.45) is 5.92 Å². The zero-order valence-corrected chi connectivity index (χ0v) is 8.40. The number of hydrogen-bond donors (Lipinski definition) is 1. The minimum absolute atomic E-state index is 0.164. The van der Waals surface area contributed by atoms with Gasteiger partial charge in [0.05, 0.1) is 12.0 Å². The summed E-state index contributed by atoms with van der Waals surface area (Å²) in [5.41, 5.74) is 1.33. The molecule has 0 radical (unpaired) electrons. The maximum absolute atomic E-state index is 8.94. The highest BCUT2D eigenvalue weighted by atomic mass is 32.1. The summed E-state index contributed by atoms with van der Waals surface area (Å²) in [7, 11) is 0. The van der Waals surface area contributed by atoms with Crippen LogP contribution in [0.4, 0.5) is 0 Å². The molecule has 3 heteroatoms. The van der Waals surface area contributed by atoms with Crippen LogP contribution in [0.2, 0.25) is 0 Å². The summed E-state index contributed by atoms with van der Waals surface area (Å²) in [6.07, 6.45) is 0. The van der Waals surface area contributed by atoms with E-state index in [-0.39, 0.29) is 5.92 Å². The first kappa shape index (κ1) is 8.74. The minimum atomic E-state index is 0.164. The normalized spacial score (nSPS) is 27.4. The lowest BCUT2D eigenvalue weighted by atomic mass is 9.94. The van der Waals surface area contributed by atoms with Crippen LogP contribution in [0.3, 0.4) is 0 Å². The van der Waals surface area contributed by atoms with Crippen molar-refractivity contribution in [3.8, 4) is 6.07 Å². The second kappa shape index (κ2) is 3.49. The third kappa shape index (κ3) is 1.48. The van der Waals surface area contributed by atoms with Gasteiger partial charge in [-0.15, -0.1) is 11.3 Å². The molecule has 0 saturated carbocycles. The summed E-state index contributed by atoms with van der Waals surface area (Å²) < 4.78 is 0. The highest BCUT2D eigenvalue weighted by Crippen LogP contribution is 2.33. The van der Waals surface area contributed by atoms with E-state index in [2.05, 4.69) is 29.8 Å². The Labute approximate surface area is 82.2 Å². The molecule has 1 fully saturated rings. The van der Waals surface area contributed by atoms with Crippen molar-refractivity contribution in [2.75, 3.05) is 13.1 Å². The van der Waals surface area contributed by atoms with Gasteiger partial charge in [-0.05, 0) is 23.9 Å². The second-order valence-electron chi connectivity index (χ2n) is 3.47. The summed E-state index contributed by atoms with van der Waals surface area (Å²) in [5, 5.41) is 14.3. The van der Waals surface area contributed by atoms with E-state index < -0.39 is 0 Å². The number of rotatable bonds is 1. The molecule has 2 rings (SSSR count). The van der Waals surface area contributed by atoms with Crippen molar-refractivity contribution in [1.29, 1.82) is 5.26 Å². The predicted molar refractivity (Wildman–Crippen MR) is 53.8 cm³/mol. The molecule has 13 heavy (non-hydrogen) atoms. The Morgan fingerprint density at radius 1 is 1.62 bits per heavy atom. The van der Waals surface area contributed by atoms with Crippen LogP contribution in [0, 0.1) is 24.2 Å². The summed E-state index contributed by atoms with van der Waals surface area (Å²) in [6.45, 7) is 3.93. The molecule has 0 unspecified atom stereocenters. The van der Waals surface area contributed by atoms with E-state index in [9.17, 15) is 0 Å². The first-order valence-corrected chi connectivity index (χ1v) is 5.35. The standard InChI is InChI=1S/C10H12N2S/c1-7-2-3-13-10(7)9-6-12-5-8(9)4-11/h2-3,8-9,12H,5-6H2,1H3/t8-,9-/m1/s1. The molecule has 1 aromatic heterocycles. The molecule has 2 atom stereocenters. The van der Waals surface area contributed by atoms with Crippen molar-refractivity contribution in [2.45, 2.75) is 12.8 Å². The van der Waals surface area contributed by atoms with E-state index in [1.54, 1.807) is 11.3 Å². The molecule has 1 aromatic rings. The summed E-state index contributed by atoms with van der Waals surface area (Å²) in [5.74, 6) is 0.586.